The highest BCUT2D eigenvalue weighted by molar-refractivity contribution is 5.93. The smallest absolute Gasteiger partial charge is 0.339 e. The number of anilines is 1. The van der Waals surface area contributed by atoms with E-state index in [9.17, 15) is 4.79 Å². The summed E-state index contributed by atoms with van der Waals surface area (Å²) >= 11 is 0. The van der Waals surface area contributed by atoms with Crippen molar-refractivity contribution in [3.63, 3.8) is 0 Å². The Hall–Kier alpha value is -1.62. The van der Waals surface area contributed by atoms with Crippen molar-refractivity contribution < 1.29 is 9.90 Å². The second-order valence-electron chi connectivity index (χ2n) is 3.89. The number of nitrogens with zero attached hydrogens (tertiary/aromatic N) is 2. The van der Waals surface area contributed by atoms with Crippen LogP contribution in [0.5, 0.6) is 0 Å². The fourth-order valence-electron chi connectivity index (χ4n) is 1.84. The molecule has 0 saturated carbocycles. The molecule has 0 atom stereocenters. The number of hydrogen-bond donors (Lipinski definition) is 2. The minimum Gasteiger partial charge on any atom is -0.478 e. The Morgan fingerprint density at radius 3 is 2.81 bits per heavy atom. The molecule has 1 aromatic rings. The Labute approximate surface area is 94.1 Å². The van der Waals surface area contributed by atoms with Gasteiger partial charge in [0.2, 0.25) is 0 Å². The Bertz CT molecular complexity index is 375. The summed E-state index contributed by atoms with van der Waals surface area (Å²) < 4.78 is 0. The predicted molar refractivity (Wildman–Crippen MR) is 60.2 cm³/mol. The lowest BCUT2D eigenvalue weighted by Gasteiger charge is -2.28. The molecule has 5 heteroatoms. The van der Waals surface area contributed by atoms with Crippen LogP contribution in [0, 0.1) is 0 Å². The molecular weight excluding hydrogens is 206 g/mol. The van der Waals surface area contributed by atoms with Gasteiger partial charge in [0, 0.05) is 25.5 Å². The fourth-order valence-corrected chi connectivity index (χ4v) is 1.84. The molecule has 0 aromatic carbocycles. The predicted octanol–water partition coefficient (Wildman–Crippen LogP) is 1.59. The number of carbonyl (C=O) groups is 1. The van der Waals surface area contributed by atoms with Gasteiger partial charge in [0.25, 0.3) is 0 Å². The van der Waals surface area contributed by atoms with Crippen LogP contribution in [0.2, 0.25) is 0 Å². The van der Waals surface area contributed by atoms with Crippen LogP contribution in [-0.4, -0.2) is 34.2 Å². The number of carboxylic acids is 1. The first-order valence-electron chi connectivity index (χ1n) is 5.46. The third-order valence-electron chi connectivity index (χ3n) is 2.69. The van der Waals surface area contributed by atoms with E-state index in [2.05, 4.69) is 15.4 Å². The number of piperidine rings is 1. The normalized spacial score (nSPS) is 17.0. The highest BCUT2D eigenvalue weighted by Crippen LogP contribution is 2.16. The van der Waals surface area contributed by atoms with Crippen molar-refractivity contribution in [1.29, 1.82) is 0 Å². The van der Waals surface area contributed by atoms with Gasteiger partial charge >= 0.3 is 5.97 Å². The van der Waals surface area contributed by atoms with Gasteiger partial charge in [-0.3, -0.25) is 4.98 Å². The third kappa shape index (κ3) is 2.49. The molecule has 0 aliphatic carbocycles. The van der Waals surface area contributed by atoms with Gasteiger partial charge < -0.3 is 10.5 Å². The van der Waals surface area contributed by atoms with Crippen LogP contribution < -0.4 is 5.43 Å². The molecule has 2 rings (SSSR count). The summed E-state index contributed by atoms with van der Waals surface area (Å²) in [7, 11) is 0. The molecular formula is C11H15N3O2. The number of rotatable bonds is 3. The molecule has 1 aliphatic rings. The van der Waals surface area contributed by atoms with E-state index in [-0.39, 0.29) is 5.56 Å². The van der Waals surface area contributed by atoms with Crippen molar-refractivity contribution in [2.45, 2.75) is 19.3 Å². The summed E-state index contributed by atoms with van der Waals surface area (Å²) in [6.45, 7) is 1.92. The lowest BCUT2D eigenvalue weighted by Crippen LogP contribution is -2.35. The monoisotopic (exact) mass is 221 g/mol. The van der Waals surface area contributed by atoms with Crippen LogP contribution in [0.3, 0.4) is 0 Å². The maximum absolute atomic E-state index is 11.0. The van der Waals surface area contributed by atoms with Crippen LogP contribution in [0.4, 0.5) is 5.69 Å². The number of hydrazine groups is 1. The summed E-state index contributed by atoms with van der Waals surface area (Å²) in [5.41, 5.74) is 3.97. The maximum atomic E-state index is 11.0. The van der Waals surface area contributed by atoms with Gasteiger partial charge in [-0.2, -0.15) is 0 Å². The molecule has 0 spiro atoms. The molecule has 86 valence electrons. The van der Waals surface area contributed by atoms with Gasteiger partial charge in [0.1, 0.15) is 5.56 Å². The average molecular weight is 221 g/mol. The Balaban J connectivity index is 2.10. The number of pyridine rings is 1. The summed E-state index contributed by atoms with van der Waals surface area (Å²) in [5.74, 6) is -0.951. The van der Waals surface area contributed by atoms with Crippen LogP contribution >= 0.6 is 0 Å². The molecule has 1 saturated heterocycles. The van der Waals surface area contributed by atoms with Gasteiger partial charge in [0.15, 0.2) is 0 Å². The standard InChI is InChI=1S/C11H15N3O2/c15-11(16)9-8-12-5-4-10(9)13-14-6-2-1-3-7-14/h4-5,8H,1-3,6-7H2,(H,12,13)(H,15,16). The second kappa shape index (κ2) is 4.94. The van der Waals surface area contributed by atoms with E-state index >= 15 is 0 Å². The molecule has 2 heterocycles. The Kier molecular flexibility index (Phi) is 3.36. The second-order valence-corrected chi connectivity index (χ2v) is 3.89. The average Bonchev–Trinajstić information content (AvgIpc) is 2.31. The first-order chi connectivity index (χ1) is 7.77. The number of aromatic nitrogens is 1. The van der Waals surface area contributed by atoms with E-state index in [0.29, 0.717) is 5.69 Å². The molecule has 0 bridgehead atoms. The van der Waals surface area contributed by atoms with Gasteiger partial charge in [-0.25, -0.2) is 9.80 Å². The number of nitrogens with one attached hydrogen (secondary N) is 1. The highest BCUT2D eigenvalue weighted by atomic mass is 16.4. The first kappa shape index (κ1) is 10.9. The lowest BCUT2D eigenvalue weighted by atomic mass is 10.2. The zero-order valence-electron chi connectivity index (χ0n) is 9.02. The molecule has 0 unspecified atom stereocenters. The molecule has 1 aliphatic heterocycles. The minimum atomic E-state index is -0.951. The maximum Gasteiger partial charge on any atom is 0.339 e. The molecule has 16 heavy (non-hydrogen) atoms. The summed E-state index contributed by atoms with van der Waals surface area (Å²) in [6.07, 6.45) is 6.52. The van der Waals surface area contributed by atoms with Gasteiger partial charge in [-0.05, 0) is 18.9 Å². The van der Waals surface area contributed by atoms with E-state index in [1.165, 1.54) is 12.6 Å². The summed E-state index contributed by atoms with van der Waals surface area (Å²) in [5, 5.41) is 11.1. The molecule has 1 aromatic heterocycles. The topological polar surface area (TPSA) is 65.5 Å². The van der Waals surface area contributed by atoms with Crippen molar-refractivity contribution in [1.82, 2.24) is 9.99 Å². The van der Waals surface area contributed by atoms with Crippen molar-refractivity contribution in [3.8, 4) is 0 Å². The van der Waals surface area contributed by atoms with Gasteiger partial charge in [-0.1, -0.05) is 6.42 Å². The first-order valence-corrected chi connectivity index (χ1v) is 5.46. The fraction of sp³-hybridized carbons (Fsp3) is 0.455. The van der Waals surface area contributed by atoms with E-state index in [1.54, 1.807) is 12.3 Å². The zero-order chi connectivity index (χ0) is 11.4. The summed E-state index contributed by atoms with van der Waals surface area (Å²) in [6, 6.07) is 1.69. The molecule has 1 fully saturated rings. The van der Waals surface area contributed by atoms with E-state index in [4.69, 9.17) is 5.11 Å². The minimum absolute atomic E-state index is 0.216. The zero-order valence-corrected chi connectivity index (χ0v) is 9.02. The third-order valence-corrected chi connectivity index (χ3v) is 2.69. The highest BCUT2D eigenvalue weighted by Gasteiger charge is 2.14. The molecule has 0 amide bonds. The Morgan fingerprint density at radius 2 is 2.12 bits per heavy atom. The van der Waals surface area contributed by atoms with Gasteiger partial charge in [0.05, 0.1) is 5.69 Å². The quantitative estimate of drug-likeness (QED) is 0.811. The van der Waals surface area contributed by atoms with Crippen LogP contribution in [0.25, 0.3) is 0 Å². The van der Waals surface area contributed by atoms with Crippen molar-refractivity contribution >= 4 is 11.7 Å². The SMILES string of the molecule is O=C(O)c1cnccc1NN1CCCCC1. The number of aromatic carboxylic acids is 1. The summed E-state index contributed by atoms with van der Waals surface area (Å²) in [4.78, 5) is 14.8. The lowest BCUT2D eigenvalue weighted by molar-refractivity contribution is 0.0697. The van der Waals surface area contributed by atoms with Crippen molar-refractivity contribution in [2.24, 2.45) is 0 Å². The largest absolute Gasteiger partial charge is 0.478 e. The van der Waals surface area contributed by atoms with Gasteiger partial charge in [-0.15, -0.1) is 0 Å². The molecule has 5 nitrogen and oxygen atoms in total. The van der Waals surface area contributed by atoms with Crippen LogP contribution in [0.15, 0.2) is 18.5 Å². The Morgan fingerprint density at radius 1 is 1.38 bits per heavy atom. The van der Waals surface area contributed by atoms with Crippen molar-refractivity contribution in [3.05, 3.63) is 24.0 Å². The molecule has 2 N–H and O–H groups in total. The number of carboxylic acid groups (broad SMARTS) is 1. The molecule has 0 radical (unpaired) electrons. The van der Waals surface area contributed by atoms with Crippen molar-refractivity contribution in [2.75, 3.05) is 18.5 Å². The van der Waals surface area contributed by atoms with E-state index in [0.717, 1.165) is 25.9 Å². The van der Waals surface area contributed by atoms with Crippen LogP contribution in [0.1, 0.15) is 29.6 Å². The van der Waals surface area contributed by atoms with E-state index < -0.39 is 5.97 Å². The van der Waals surface area contributed by atoms with Crippen LogP contribution in [-0.2, 0) is 0 Å². The number of hydrogen-bond acceptors (Lipinski definition) is 4. The van der Waals surface area contributed by atoms with E-state index in [1.807, 2.05) is 0 Å².